The Labute approximate surface area is 229 Å². The van der Waals surface area contributed by atoms with Crippen molar-refractivity contribution < 1.29 is 27.9 Å². The number of nitrogens with one attached hydrogen (secondary N) is 1. The molecular formula is C27H20FN3O6S2. The fourth-order valence-electron chi connectivity index (χ4n) is 4.89. The number of carbonyl (C=O) groups is 3. The number of furan rings is 1. The average Bonchev–Trinajstić information content (AvgIpc) is 3.63. The number of ether oxygens (including phenoxy) is 1. The van der Waals surface area contributed by atoms with E-state index in [0.29, 0.717) is 27.1 Å². The van der Waals surface area contributed by atoms with E-state index < -0.39 is 40.6 Å². The van der Waals surface area contributed by atoms with Crippen molar-refractivity contribution >= 4 is 52.2 Å². The van der Waals surface area contributed by atoms with Gasteiger partial charge in [0.1, 0.15) is 29.1 Å². The lowest BCUT2D eigenvalue weighted by Gasteiger charge is -2.29. The molecule has 9 nitrogen and oxygen atoms in total. The number of amides is 3. The number of hydrogen-bond donors (Lipinski definition) is 1. The molecule has 0 bridgehead atoms. The summed E-state index contributed by atoms with van der Waals surface area (Å²) in [6, 6.07) is 15.3. The predicted molar refractivity (Wildman–Crippen MR) is 143 cm³/mol. The van der Waals surface area contributed by atoms with Gasteiger partial charge in [0.2, 0.25) is 17.7 Å². The second-order valence-corrected chi connectivity index (χ2v) is 11.1. The van der Waals surface area contributed by atoms with E-state index in [1.807, 2.05) is 0 Å². The Morgan fingerprint density at radius 2 is 1.79 bits per heavy atom. The zero-order chi connectivity index (χ0) is 27.3. The number of methoxy groups -OCH3 is 1. The van der Waals surface area contributed by atoms with E-state index in [4.69, 9.17) is 9.15 Å². The summed E-state index contributed by atoms with van der Waals surface area (Å²) in [6.07, 6.45) is 1.47. The quantitative estimate of drug-likeness (QED) is 0.351. The van der Waals surface area contributed by atoms with Gasteiger partial charge in [-0.2, -0.15) is 0 Å². The molecule has 12 heteroatoms. The van der Waals surface area contributed by atoms with Crippen LogP contribution in [-0.4, -0.2) is 34.6 Å². The molecule has 0 aliphatic carbocycles. The number of rotatable bonds is 6. The molecule has 4 heterocycles. The van der Waals surface area contributed by atoms with Crippen molar-refractivity contribution in [3.8, 4) is 5.75 Å². The molecule has 4 aromatic rings. The van der Waals surface area contributed by atoms with Crippen LogP contribution in [0.5, 0.6) is 5.75 Å². The summed E-state index contributed by atoms with van der Waals surface area (Å²) in [5.74, 6) is -2.32. The fourth-order valence-corrected chi connectivity index (χ4v) is 7.65. The summed E-state index contributed by atoms with van der Waals surface area (Å²) in [6.45, 7) is -0.282. The fraction of sp³-hybridized carbons (Fsp3) is 0.185. The molecule has 6 rings (SSSR count). The highest BCUT2D eigenvalue weighted by Gasteiger charge is 2.57. The van der Waals surface area contributed by atoms with Crippen LogP contribution in [0.15, 0.2) is 81.2 Å². The Kier molecular flexibility index (Phi) is 6.35. The molecule has 0 spiro atoms. The van der Waals surface area contributed by atoms with Gasteiger partial charge < -0.3 is 14.5 Å². The minimum Gasteiger partial charge on any atom is -0.497 e. The molecule has 3 amide bonds. The number of fused-ring (bicyclic) bond motifs is 2. The third-order valence-corrected chi connectivity index (χ3v) is 9.26. The number of hydrogen-bond acceptors (Lipinski definition) is 8. The van der Waals surface area contributed by atoms with Crippen molar-refractivity contribution in [3.05, 3.63) is 93.0 Å². The minimum atomic E-state index is -0.866. The number of benzene rings is 2. The summed E-state index contributed by atoms with van der Waals surface area (Å²) in [7, 11) is 1.54. The highest BCUT2D eigenvalue weighted by molar-refractivity contribution is 8.00. The van der Waals surface area contributed by atoms with Gasteiger partial charge in [-0.1, -0.05) is 23.1 Å². The van der Waals surface area contributed by atoms with Crippen LogP contribution >= 0.6 is 23.1 Å². The van der Waals surface area contributed by atoms with E-state index in [0.717, 1.165) is 28.0 Å². The topological polar surface area (TPSA) is 111 Å². The Bertz CT molecular complexity index is 1630. The first-order valence-corrected chi connectivity index (χ1v) is 13.6. The number of carbonyl (C=O) groups excluding carboxylic acids is 3. The summed E-state index contributed by atoms with van der Waals surface area (Å²) >= 11 is 2.02. The Balaban J connectivity index is 1.35. The Hall–Kier alpha value is -4.16. The first-order chi connectivity index (χ1) is 18.9. The second kappa shape index (κ2) is 9.86. The van der Waals surface area contributed by atoms with Crippen LogP contribution < -0.4 is 19.8 Å². The van der Waals surface area contributed by atoms with Crippen molar-refractivity contribution in [3.63, 3.8) is 0 Å². The molecule has 1 saturated heterocycles. The Morgan fingerprint density at radius 1 is 1.05 bits per heavy atom. The number of thiazole rings is 1. The summed E-state index contributed by atoms with van der Waals surface area (Å²) < 4.78 is 25.7. The van der Waals surface area contributed by atoms with Crippen molar-refractivity contribution in [2.75, 3.05) is 17.3 Å². The van der Waals surface area contributed by atoms with E-state index in [-0.39, 0.29) is 17.1 Å². The molecule has 1 N–H and O–H groups in total. The maximum atomic E-state index is 13.7. The van der Waals surface area contributed by atoms with Crippen molar-refractivity contribution in [1.29, 1.82) is 0 Å². The maximum absolute atomic E-state index is 13.7. The third kappa shape index (κ3) is 4.35. The SMILES string of the molecule is COc1ccc(NC(=O)Cn2c3c(sc2=O)[C@@H](c2ccco2)[C@@H]2C(=O)N(c4ccc(F)cc4)C(=O)[C@@H]2S3)cc1. The smallest absolute Gasteiger partial charge is 0.308 e. The lowest BCUT2D eigenvalue weighted by molar-refractivity contribution is -0.122. The van der Waals surface area contributed by atoms with Crippen LogP contribution in [0.4, 0.5) is 15.8 Å². The molecule has 3 atom stereocenters. The number of imide groups is 1. The van der Waals surface area contributed by atoms with E-state index >= 15 is 0 Å². The van der Waals surface area contributed by atoms with Gasteiger partial charge in [-0.15, -0.1) is 0 Å². The number of nitrogens with zero attached hydrogens (tertiary/aromatic N) is 2. The van der Waals surface area contributed by atoms with Crippen LogP contribution in [-0.2, 0) is 20.9 Å². The lowest BCUT2D eigenvalue weighted by Crippen LogP contribution is -2.32. The number of aromatic nitrogens is 1. The third-order valence-electron chi connectivity index (χ3n) is 6.66. The van der Waals surface area contributed by atoms with Crippen LogP contribution in [0.2, 0.25) is 0 Å². The van der Waals surface area contributed by atoms with Gasteiger partial charge in [0, 0.05) is 5.69 Å². The molecule has 2 aromatic heterocycles. The molecule has 2 aromatic carbocycles. The molecular weight excluding hydrogens is 545 g/mol. The molecule has 2 aliphatic rings. The molecule has 1 fully saturated rings. The number of halogens is 1. The van der Waals surface area contributed by atoms with Crippen LogP contribution in [0.3, 0.4) is 0 Å². The molecule has 0 saturated carbocycles. The predicted octanol–water partition coefficient (Wildman–Crippen LogP) is 4.09. The van der Waals surface area contributed by atoms with Gasteiger partial charge in [0.15, 0.2) is 0 Å². The minimum absolute atomic E-state index is 0.263. The van der Waals surface area contributed by atoms with Gasteiger partial charge in [0.25, 0.3) is 0 Å². The summed E-state index contributed by atoms with van der Waals surface area (Å²) in [5.41, 5.74) is 0.796. The zero-order valence-corrected chi connectivity index (χ0v) is 22.0. The first-order valence-electron chi connectivity index (χ1n) is 11.9. The molecule has 0 unspecified atom stereocenters. The van der Waals surface area contributed by atoms with Gasteiger partial charge in [-0.3, -0.25) is 23.7 Å². The first kappa shape index (κ1) is 25.1. The largest absolute Gasteiger partial charge is 0.497 e. The number of thioether (sulfide) groups is 1. The lowest BCUT2D eigenvalue weighted by atomic mass is 9.87. The number of anilines is 2. The van der Waals surface area contributed by atoms with Crippen LogP contribution in [0.1, 0.15) is 16.6 Å². The monoisotopic (exact) mass is 565 g/mol. The highest BCUT2D eigenvalue weighted by atomic mass is 32.2. The van der Waals surface area contributed by atoms with Crippen molar-refractivity contribution in [2.45, 2.75) is 22.7 Å². The van der Waals surface area contributed by atoms with Gasteiger partial charge >= 0.3 is 4.87 Å². The van der Waals surface area contributed by atoms with E-state index in [9.17, 15) is 23.6 Å². The molecule has 198 valence electrons. The molecule has 2 aliphatic heterocycles. The normalized spacial score (nSPS) is 20.1. The second-order valence-electron chi connectivity index (χ2n) is 8.95. The van der Waals surface area contributed by atoms with Crippen molar-refractivity contribution in [1.82, 2.24) is 4.57 Å². The van der Waals surface area contributed by atoms with Gasteiger partial charge in [0.05, 0.1) is 40.8 Å². The van der Waals surface area contributed by atoms with E-state index in [1.54, 1.807) is 43.5 Å². The highest BCUT2D eigenvalue weighted by Crippen LogP contribution is 2.53. The van der Waals surface area contributed by atoms with Gasteiger partial charge in [-0.05, 0) is 60.7 Å². The van der Waals surface area contributed by atoms with Crippen LogP contribution in [0.25, 0.3) is 0 Å². The van der Waals surface area contributed by atoms with Gasteiger partial charge in [-0.25, -0.2) is 9.29 Å². The van der Waals surface area contributed by atoms with Crippen LogP contribution in [0, 0.1) is 11.7 Å². The van der Waals surface area contributed by atoms with E-state index in [1.165, 1.54) is 35.1 Å². The summed E-state index contributed by atoms with van der Waals surface area (Å²) in [4.78, 5) is 54.5. The summed E-state index contributed by atoms with van der Waals surface area (Å²) in [5, 5.41) is 2.34. The molecule has 39 heavy (non-hydrogen) atoms. The zero-order valence-electron chi connectivity index (χ0n) is 20.3. The average molecular weight is 566 g/mol. The van der Waals surface area contributed by atoms with Crippen molar-refractivity contribution in [2.24, 2.45) is 5.92 Å². The van der Waals surface area contributed by atoms with E-state index in [2.05, 4.69) is 5.32 Å². The standard InChI is InChI=1S/C27H20FN3O6S2/c1-36-17-10-6-15(7-11-17)29-19(32)13-30-26-23(39-27(30)35)20(18-3-2-12-37-18)21-22(38-26)25(34)31(24(21)33)16-8-4-14(28)5-9-16/h2-12,20-22H,13H2,1H3,(H,29,32)/t20-,21-,22+/m0/s1. The maximum Gasteiger partial charge on any atom is 0.308 e. The Morgan fingerprint density at radius 3 is 2.46 bits per heavy atom. The molecule has 0 radical (unpaired) electrons.